The molecule has 6 heteroatoms. The molecule has 0 saturated carbocycles. The molecule has 1 heterocycles. The molecule has 2 amide bonds. The molecule has 0 aliphatic carbocycles. The van der Waals surface area contributed by atoms with Gasteiger partial charge in [-0.05, 0) is 43.2 Å². The van der Waals surface area contributed by atoms with Crippen LogP contribution in [-0.4, -0.2) is 22.8 Å². The molecule has 2 aromatic rings. The number of carbonyl (C=O) groups excluding carboxylic acids is 2. The first-order valence-electron chi connectivity index (χ1n) is 7.87. The number of amides is 2. The predicted octanol–water partition coefficient (Wildman–Crippen LogP) is 2.08. The number of nitrogens with one attached hydrogen (secondary N) is 2. The van der Waals surface area contributed by atoms with Crippen molar-refractivity contribution in [3.63, 3.8) is 0 Å². The molecule has 1 aromatic carbocycles. The SMILES string of the molecule is CC(N)CCC(=O)NCc1cccc(NC(=O)c2ccncc2)c1. The van der Waals surface area contributed by atoms with E-state index in [2.05, 4.69) is 15.6 Å². The van der Waals surface area contributed by atoms with E-state index in [-0.39, 0.29) is 17.9 Å². The first-order valence-corrected chi connectivity index (χ1v) is 7.87. The molecule has 2 rings (SSSR count). The topological polar surface area (TPSA) is 97.1 Å². The lowest BCUT2D eigenvalue weighted by atomic mass is 10.1. The van der Waals surface area contributed by atoms with Crippen LogP contribution in [0.3, 0.4) is 0 Å². The third-order valence-corrected chi connectivity index (χ3v) is 3.44. The van der Waals surface area contributed by atoms with Crippen molar-refractivity contribution in [2.75, 3.05) is 5.32 Å². The van der Waals surface area contributed by atoms with Gasteiger partial charge in [0, 0.05) is 42.7 Å². The summed E-state index contributed by atoms with van der Waals surface area (Å²) in [6.45, 7) is 2.29. The molecule has 1 atom stereocenters. The molecular formula is C18H22N4O2. The Bertz CT molecular complexity index is 686. The molecule has 0 aliphatic heterocycles. The van der Waals surface area contributed by atoms with E-state index < -0.39 is 0 Å². The highest BCUT2D eigenvalue weighted by Gasteiger charge is 2.07. The Labute approximate surface area is 141 Å². The van der Waals surface area contributed by atoms with E-state index in [1.165, 1.54) is 0 Å². The molecule has 0 bridgehead atoms. The Morgan fingerprint density at radius 1 is 1.21 bits per heavy atom. The molecule has 1 aromatic heterocycles. The monoisotopic (exact) mass is 326 g/mol. The van der Waals surface area contributed by atoms with Gasteiger partial charge >= 0.3 is 0 Å². The van der Waals surface area contributed by atoms with Gasteiger partial charge in [0.25, 0.3) is 5.91 Å². The summed E-state index contributed by atoms with van der Waals surface area (Å²) in [5, 5.41) is 5.68. The Kier molecular flexibility index (Phi) is 6.45. The van der Waals surface area contributed by atoms with Crippen LogP contribution in [0.1, 0.15) is 35.7 Å². The minimum absolute atomic E-state index is 0.0162. The molecule has 0 aliphatic rings. The zero-order valence-corrected chi connectivity index (χ0v) is 13.7. The third-order valence-electron chi connectivity index (χ3n) is 3.44. The lowest BCUT2D eigenvalue weighted by molar-refractivity contribution is -0.121. The standard InChI is InChI=1S/C18H22N4O2/c1-13(19)5-6-17(23)21-12-14-3-2-4-16(11-14)22-18(24)15-7-9-20-10-8-15/h2-4,7-11,13H,5-6,12,19H2,1H3,(H,21,23)(H,22,24). The Morgan fingerprint density at radius 3 is 2.67 bits per heavy atom. The van der Waals surface area contributed by atoms with Crippen molar-refractivity contribution in [3.8, 4) is 0 Å². The first kappa shape index (κ1) is 17.6. The smallest absolute Gasteiger partial charge is 0.255 e. The van der Waals surface area contributed by atoms with Crippen LogP contribution in [-0.2, 0) is 11.3 Å². The summed E-state index contributed by atoms with van der Waals surface area (Å²) in [4.78, 5) is 27.7. The normalized spacial score (nSPS) is 11.6. The number of carbonyl (C=O) groups is 2. The summed E-state index contributed by atoms with van der Waals surface area (Å²) < 4.78 is 0. The summed E-state index contributed by atoms with van der Waals surface area (Å²) in [6.07, 6.45) is 4.22. The minimum Gasteiger partial charge on any atom is -0.352 e. The van der Waals surface area contributed by atoms with Crippen molar-refractivity contribution in [2.24, 2.45) is 5.73 Å². The fraction of sp³-hybridized carbons (Fsp3) is 0.278. The van der Waals surface area contributed by atoms with Crippen LogP contribution in [0, 0.1) is 0 Å². The van der Waals surface area contributed by atoms with Crippen LogP contribution < -0.4 is 16.4 Å². The molecule has 0 radical (unpaired) electrons. The fourth-order valence-corrected chi connectivity index (χ4v) is 2.11. The summed E-state index contributed by atoms with van der Waals surface area (Å²) in [5.41, 5.74) is 7.77. The second-order valence-electron chi connectivity index (χ2n) is 5.68. The van der Waals surface area contributed by atoms with Crippen LogP contribution in [0.25, 0.3) is 0 Å². The van der Waals surface area contributed by atoms with Gasteiger partial charge in [0.2, 0.25) is 5.91 Å². The third kappa shape index (κ3) is 5.81. The highest BCUT2D eigenvalue weighted by molar-refractivity contribution is 6.04. The highest BCUT2D eigenvalue weighted by atomic mass is 16.2. The number of anilines is 1. The molecule has 4 N–H and O–H groups in total. The van der Waals surface area contributed by atoms with E-state index in [1.807, 2.05) is 25.1 Å². The molecule has 0 saturated heterocycles. The zero-order chi connectivity index (χ0) is 17.4. The first-order chi connectivity index (χ1) is 11.5. The van der Waals surface area contributed by atoms with E-state index in [4.69, 9.17) is 5.73 Å². The van der Waals surface area contributed by atoms with Crippen molar-refractivity contribution in [2.45, 2.75) is 32.4 Å². The van der Waals surface area contributed by atoms with Gasteiger partial charge < -0.3 is 16.4 Å². The van der Waals surface area contributed by atoms with Crippen LogP contribution in [0.15, 0.2) is 48.8 Å². The van der Waals surface area contributed by atoms with Crippen molar-refractivity contribution in [1.82, 2.24) is 10.3 Å². The number of benzene rings is 1. The average molecular weight is 326 g/mol. The number of hydrogen-bond donors (Lipinski definition) is 3. The highest BCUT2D eigenvalue weighted by Crippen LogP contribution is 2.12. The molecule has 6 nitrogen and oxygen atoms in total. The molecule has 24 heavy (non-hydrogen) atoms. The maximum Gasteiger partial charge on any atom is 0.255 e. The van der Waals surface area contributed by atoms with Crippen LogP contribution in [0.2, 0.25) is 0 Å². The largest absolute Gasteiger partial charge is 0.352 e. The van der Waals surface area contributed by atoms with Gasteiger partial charge in [-0.3, -0.25) is 14.6 Å². The van der Waals surface area contributed by atoms with Gasteiger partial charge in [0.1, 0.15) is 0 Å². The Balaban J connectivity index is 1.89. The summed E-state index contributed by atoms with van der Waals surface area (Å²) in [6, 6.07) is 10.7. The van der Waals surface area contributed by atoms with E-state index in [1.54, 1.807) is 30.6 Å². The number of aromatic nitrogens is 1. The summed E-state index contributed by atoms with van der Waals surface area (Å²) in [5.74, 6) is -0.228. The van der Waals surface area contributed by atoms with E-state index >= 15 is 0 Å². The summed E-state index contributed by atoms with van der Waals surface area (Å²) in [7, 11) is 0. The number of rotatable bonds is 7. The quantitative estimate of drug-likeness (QED) is 0.725. The van der Waals surface area contributed by atoms with Crippen molar-refractivity contribution < 1.29 is 9.59 Å². The summed E-state index contributed by atoms with van der Waals surface area (Å²) >= 11 is 0. The van der Waals surface area contributed by atoms with Crippen LogP contribution >= 0.6 is 0 Å². The Hall–Kier alpha value is -2.73. The van der Waals surface area contributed by atoms with E-state index in [0.717, 1.165) is 5.56 Å². The van der Waals surface area contributed by atoms with Gasteiger partial charge in [-0.15, -0.1) is 0 Å². The number of pyridine rings is 1. The second kappa shape index (κ2) is 8.79. The van der Waals surface area contributed by atoms with Gasteiger partial charge in [-0.25, -0.2) is 0 Å². The molecule has 126 valence electrons. The average Bonchev–Trinajstić information content (AvgIpc) is 2.59. The zero-order valence-electron chi connectivity index (χ0n) is 13.7. The van der Waals surface area contributed by atoms with E-state index in [9.17, 15) is 9.59 Å². The molecule has 0 fully saturated rings. The fourth-order valence-electron chi connectivity index (χ4n) is 2.11. The Morgan fingerprint density at radius 2 is 1.96 bits per heavy atom. The lowest BCUT2D eigenvalue weighted by Gasteiger charge is -2.09. The van der Waals surface area contributed by atoms with Crippen LogP contribution in [0.4, 0.5) is 5.69 Å². The van der Waals surface area contributed by atoms with Crippen molar-refractivity contribution in [1.29, 1.82) is 0 Å². The molecule has 0 spiro atoms. The predicted molar refractivity (Wildman–Crippen MR) is 93.4 cm³/mol. The van der Waals surface area contributed by atoms with Gasteiger partial charge in [-0.1, -0.05) is 12.1 Å². The number of hydrogen-bond acceptors (Lipinski definition) is 4. The maximum absolute atomic E-state index is 12.1. The van der Waals surface area contributed by atoms with Crippen LogP contribution in [0.5, 0.6) is 0 Å². The van der Waals surface area contributed by atoms with Gasteiger partial charge in [0.05, 0.1) is 0 Å². The lowest BCUT2D eigenvalue weighted by Crippen LogP contribution is -2.25. The maximum atomic E-state index is 12.1. The van der Waals surface area contributed by atoms with Gasteiger partial charge in [0.15, 0.2) is 0 Å². The minimum atomic E-state index is -0.199. The molecular weight excluding hydrogens is 304 g/mol. The van der Waals surface area contributed by atoms with E-state index in [0.29, 0.717) is 30.6 Å². The van der Waals surface area contributed by atoms with Gasteiger partial charge in [-0.2, -0.15) is 0 Å². The van der Waals surface area contributed by atoms with Crippen molar-refractivity contribution in [3.05, 3.63) is 59.9 Å². The molecule has 1 unspecified atom stereocenters. The second-order valence-corrected chi connectivity index (χ2v) is 5.68. The number of nitrogens with zero attached hydrogens (tertiary/aromatic N) is 1. The van der Waals surface area contributed by atoms with Crippen molar-refractivity contribution >= 4 is 17.5 Å². The number of nitrogens with two attached hydrogens (primary N) is 1.